The lowest BCUT2D eigenvalue weighted by molar-refractivity contribution is -0.385. The molecule has 2 N–H and O–H groups in total. The van der Waals surface area contributed by atoms with Crippen LogP contribution in [0.15, 0.2) is 18.2 Å². The lowest BCUT2D eigenvalue weighted by Gasteiger charge is -2.26. The van der Waals surface area contributed by atoms with Crippen molar-refractivity contribution >= 4 is 11.7 Å². The molecule has 21 heavy (non-hydrogen) atoms. The number of nitrogens with one attached hydrogen (secondary N) is 1. The third-order valence-electron chi connectivity index (χ3n) is 3.47. The predicted molar refractivity (Wildman–Crippen MR) is 75.5 cm³/mol. The van der Waals surface area contributed by atoms with Gasteiger partial charge in [-0.05, 0) is 38.3 Å². The zero-order valence-electron chi connectivity index (χ0n) is 12.0. The van der Waals surface area contributed by atoms with Crippen LogP contribution in [0.5, 0.6) is 5.75 Å². The number of hydrogen-bond donors (Lipinski definition) is 2. The normalized spacial score (nSPS) is 17.0. The summed E-state index contributed by atoms with van der Waals surface area (Å²) in [4.78, 5) is 21.7. The van der Waals surface area contributed by atoms with Crippen LogP contribution in [-0.2, 0) is 4.79 Å². The second-order valence-corrected chi connectivity index (χ2v) is 5.55. The van der Waals surface area contributed by atoms with Crippen molar-refractivity contribution < 1.29 is 19.6 Å². The lowest BCUT2D eigenvalue weighted by Crippen LogP contribution is -2.54. The quantitative estimate of drug-likeness (QED) is 0.588. The minimum absolute atomic E-state index is 0.0808. The Morgan fingerprint density at radius 3 is 2.76 bits per heavy atom. The average Bonchev–Trinajstić information content (AvgIpc) is 3.21. The van der Waals surface area contributed by atoms with E-state index in [1.54, 1.807) is 19.9 Å². The molecule has 0 amide bonds. The number of benzene rings is 1. The molecule has 0 heterocycles. The smallest absolute Gasteiger partial charge is 0.327 e. The Hall–Kier alpha value is -2.15. The Kier molecular flexibility index (Phi) is 4.13. The number of nitrogens with zero attached hydrogens (tertiary/aromatic N) is 1. The average molecular weight is 294 g/mol. The van der Waals surface area contributed by atoms with Crippen molar-refractivity contribution in [3.8, 4) is 5.75 Å². The van der Waals surface area contributed by atoms with Gasteiger partial charge in [0.2, 0.25) is 0 Å². The summed E-state index contributed by atoms with van der Waals surface area (Å²) in [5.41, 5.74) is -0.569. The first kappa shape index (κ1) is 15.2. The van der Waals surface area contributed by atoms with E-state index in [2.05, 4.69) is 5.32 Å². The van der Waals surface area contributed by atoms with Crippen LogP contribution in [0, 0.1) is 17.0 Å². The fraction of sp³-hybridized carbons (Fsp3) is 0.500. The van der Waals surface area contributed by atoms with Crippen LogP contribution in [0.25, 0.3) is 0 Å². The van der Waals surface area contributed by atoms with Crippen molar-refractivity contribution in [2.24, 2.45) is 0 Å². The number of aryl methyl sites for hydroxylation is 1. The SMILES string of the molecule is Cc1ccc([N+](=O)[O-])cc1OCC(C)(NC1CC1)C(=O)O. The van der Waals surface area contributed by atoms with Crippen LogP contribution < -0.4 is 10.1 Å². The summed E-state index contributed by atoms with van der Waals surface area (Å²) in [5, 5.41) is 23.2. The molecule has 0 radical (unpaired) electrons. The number of nitro benzene ring substituents is 1. The summed E-state index contributed by atoms with van der Waals surface area (Å²) in [6.45, 7) is 3.21. The lowest BCUT2D eigenvalue weighted by atomic mass is 10.0. The van der Waals surface area contributed by atoms with Crippen LogP contribution in [0.3, 0.4) is 0 Å². The minimum atomic E-state index is -1.21. The minimum Gasteiger partial charge on any atom is -0.491 e. The summed E-state index contributed by atoms with van der Waals surface area (Å²) in [7, 11) is 0. The highest BCUT2D eigenvalue weighted by molar-refractivity contribution is 5.78. The molecule has 1 aliphatic carbocycles. The van der Waals surface area contributed by atoms with Crippen molar-refractivity contribution in [2.75, 3.05) is 6.61 Å². The first-order valence-electron chi connectivity index (χ1n) is 6.71. The predicted octanol–water partition coefficient (Wildman–Crippen LogP) is 1.88. The van der Waals surface area contributed by atoms with E-state index in [0.717, 1.165) is 18.4 Å². The van der Waals surface area contributed by atoms with Gasteiger partial charge in [-0.25, -0.2) is 0 Å². The van der Waals surface area contributed by atoms with Crippen LogP contribution in [0.4, 0.5) is 5.69 Å². The maximum atomic E-state index is 11.4. The molecule has 1 aromatic carbocycles. The van der Waals surface area contributed by atoms with Crippen molar-refractivity contribution in [1.29, 1.82) is 0 Å². The van der Waals surface area contributed by atoms with Gasteiger partial charge in [0, 0.05) is 12.1 Å². The molecule has 1 atom stereocenters. The highest BCUT2D eigenvalue weighted by atomic mass is 16.6. The van der Waals surface area contributed by atoms with E-state index in [1.807, 2.05) is 0 Å². The molecule has 0 aromatic heterocycles. The van der Waals surface area contributed by atoms with Crippen LogP contribution in [-0.4, -0.2) is 34.2 Å². The molecule has 0 bridgehead atoms. The molecule has 1 saturated carbocycles. The van der Waals surface area contributed by atoms with Gasteiger partial charge in [0.15, 0.2) is 0 Å². The van der Waals surface area contributed by atoms with E-state index in [1.165, 1.54) is 12.1 Å². The van der Waals surface area contributed by atoms with E-state index in [4.69, 9.17) is 4.74 Å². The first-order chi connectivity index (χ1) is 9.82. The van der Waals surface area contributed by atoms with Gasteiger partial charge in [0.1, 0.15) is 17.9 Å². The molecule has 0 aliphatic heterocycles. The Morgan fingerprint density at radius 2 is 2.24 bits per heavy atom. The van der Waals surface area contributed by atoms with Gasteiger partial charge < -0.3 is 9.84 Å². The van der Waals surface area contributed by atoms with E-state index in [0.29, 0.717) is 5.75 Å². The number of aliphatic carboxylic acids is 1. The molecular formula is C14H18N2O5. The summed E-state index contributed by atoms with van der Waals surface area (Å²) < 4.78 is 5.53. The Balaban J connectivity index is 2.11. The van der Waals surface area contributed by atoms with Crippen molar-refractivity contribution in [2.45, 2.75) is 38.3 Å². The van der Waals surface area contributed by atoms with Crippen LogP contribution >= 0.6 is 0 Å². The molecular weight excluding hydrogens is 276 g/mol. The van der Waals surface area contributed by atoms with E-state index >= 15 is 0 Å². The zero-order valence-corrected chi connectivity index (χ0v) is 12.0. The molecule has 1 aliphatic rings. The molecule has 2 rings (SSSR count). The third-order valence-corrected chi connectivity index (χ3v) is 3.47. The molecule has 0 spiro atoms. The van der Waals surface area contributed by atoms with E-state index in [9.17, 15) is 20.0 Å². The summed E-state index contributed by atoms with van der Waals surface area (Å²) in [6, 6.07) is 4.50. The Labute approximate surface area is 122 Å². The fourth-order valence-corrected chi connectivity index (χ4v) is 1.92. The fourth-order valence-electron chi connectivity index (χ4n) is 1.92. The van der Waals surface area contributed by atoms with Gasteiger partial charge in [-0.15, -0.1) is 0 Å². The van der Waals surface area contributed by atoms with Crippen LogP contribution in [0.2, 0.25) is 0 Å². The van der Waals surface area contributed by atoms with Crippen molar-refractivity contribution in [1.82, 2.24) is 5.32 Å². The third kappa shape index (κ3) is 3.69. The van der Waals surface area contributed by atoms with Gasteiger partial charge in [0.25, 0.3) is 5.69 Å². The standard InChI is InChI=1S/C14H18N2O5/c1-9-3-6-11(16(19)20)7-12(9)21-8-14(2,13(17)18)15-10-4-5-10/h3,6-7,10,15H,4-5,8H2,1-2H3,(H,17,18). The molecule has 0 saturated heterocycles. The van der Waals surface area contributed by atoms with Crippen LogP contribution in [0.1, 0.15) is 25.3 Å². The molecule has 1 unspecified atom stereocenters. The topological polar surface area (TPSA) is 102 Å². The molecule has 114 valence electrons. The zero-order chi connectivity index (χ0) is 15.6. The van der Waals surface area contributed by atoms with Gasteiger partial charge in [-0.2, -0.15) is 0 Å². The van der Waals surface area contributed by atoms with E-state index in [-0.39, 0.29) is 18.3 Å². The van der Waals surface area contributed by atoms with Gasteiger partial charge in [0.05, 0.1) is 11.0 Å². The molecule has 7 nitrogen and oxygen atoms in total. The number of hydrogen-bond acceptors (Lipinski definition) is 5. The Morgan fingerprint density at radius 1 is 1.57 bits per heavy atom. The molecule has 1 fully saturated rings. The van der Waals surface area contributed by atoms with Gasteiger partial charge >= 0.3 is 5.97 Å². The molecule has 7 heteroatoms. The van der Waals surface area contributed by atoms with Crippen molar-refractivity contribution in [3.63, 3.8) is 0 Å². The highest BCUT2D eigenvalue weighted by Crippen LogP contribution is 2.26. The number of non-ortho nitro benzene ring substituents is 1. The summed E-state index contributed by atoms with van der Waals surface area (Å²) >= 11 is 0. The highest BCUT2D eigenvalue weighted by Gasteiger charge is 2.39. The first-order valence-corrected chi connectivity index (χ1v) is 6.71. The number of carboxylic acids is 1. The maximum absolute atomic E-state index is 11.4. The Bertz CT molecular complexity index is 570. The number of carboxylic acid groups (broad SMARTS) is 1. The number of ether oxygens (including phenoxy) is 1. The number of rotatable bonds is 7. The monoisotopic (exact) mass is 294 g/mol. The summed E-state index contributed by atoms with van der Waals surface area (Å²) in [5.74, 6) is -0.674. The van der Waals surface area contributed by atoms with E-state index < -0.39 is 16.4 Å². The largest absolute Gasteiger partial charge is 0.491 e. The number of carbonyl (C=O) groups is 1. The summed E-state index contributed by atoms with van der Waals surface area (Å²) in [6.07, 6.45) is 1.91. The number of nitro groups is 1. The van der Waals surface area contributed by atoms with Gasteiger partial charge in [-0.3, -0.25) is 20.2 Å². The second kappa shape index (κ2) is 5.69. The maximum Gasteiger partial charge on any atom is 0.327 e. The second-order valence-electron chi connectivity index (χ2n) is 5.55. The molecule has 1 aromatic rings. The van der Waals surface area contributed by atoms with Gasteiger partial charge in [-0.1, -0.05) is 0 Å². The van der Waals surface area contributed by atoms with Crippen molar-refractivity contribution in [3.05, 3.63) is 33.9 Å².